The smallest absolute Gasteiger partial charge is 0.254 e. The number of amides is 1. The summed E-state index contributed by atoms with van der Waals surface area (Å²) < 4.78 is 5.42. The van der Waals surface area contributed by atoms with E-state index in [2.05, 4.69) is 15.7 Å². The average molecular weight is 391 g/mol. The number of hydrogen-bond donors (Lipinski definition) is 1. The Kier molecular flexibility index (Phi) is 5.26. The Morgan fingerprint density at radius 1 is 1.32 bits per heavy atom. The summed E-state index contributed by atoms with van der Waals surface area (Å²) in [4.78, 5) is 15.2. The maximum atomic E-state index is 12.2. The van der Waals surface area contributed by atoms with E-state index in [0.29, 0.717) is 15.0 Å². The molecule has 0 atom stereocenters. The van der Waals surface area contributed by atoms with E-state index in [0.717, 1.165) is 10.5 Å². The van der Waals surface area contributed by atoms with Crippen LogP contribution in [0, 0.1) is 13.8 Å². The van der Waals surface area contributed by atoms with Gasteiger partial charge in [0.15, 0.2) is 0 Å². The second-order valence-corrected chi connectivity index (χ2v) is 7.48. The van der Waals surface area contributed by atoms with Gasteiger partial charge in [-0.15, -0.1) is 5.10 Å². The van der Waals surface area contributed by atoms with Crippen LogP contribution in [0.5, 0.6) is 0 Å². The van der Waals surface area contributed by atoms with Crippen LogP contribution in [0.1, 0.15) is 16.8 Å². The second kappa shape index (κ2) is 7.42. The quantitative estimate of drug-likeness (QED) is 0.630. The largest absolute Gasteiger partial charge is 0.318 e. The summed E-state index contributed by atoms with van der Waals surface area (Å²) in [5, 5.41) is 9.68. The van der Waals surface area contributed by atoms with Gasteiger partial charge in [0, 0.05) is 5.27 Å². The maximum Gasteiger partial charge on any atom is 0.254 e. The molecule has 1 aromatic carbocycles. The standard InChI is InChI=1S/C16H14N4O2S3/c1-9-3-5-11(6-4-9)7-12-15(23)20(16(24)25-12)8-13(21)17-14-10(2)18-19-22-14/h3-7H,8H2,1-2H3,(H,17,21). The van der Waals surface area contributed by atoms with Crippen molar-refractivity contribution in [3.8, 4) is 0 Å². The molecule has 1 aliphatic heterocycles. The molecular formula is C16H14N4O2S3. The molecule has 1 saturated heterocycles. The summed E-state index contributed by atoms with van der Waals surface area (Å²) in [5.41, 5.74) is 2.73. The van der Waals surface area contributed by atoms with Gasteiger partial charge in [0.05, 0.1) is 4.91 Å². The number of aryl methyl sites for hydroxylation is 2. The first-order valence-electron chi connectivity index (χ1n) is 7.35. The fraction of sp³-hybridized carbons (Fsp3) is 0.188. The Hall–Kier alpha value is -2.10. The van der Waals surface area contributed by atoms with Gasteiger partial charge in [-0.2, -0.15) is 0 Å². The molecule has 25 heavy (non-hydrogen) atoms. The van der Waals surface area contributed by atoms with E-state index >= 15 is 0 Å². The van der Waals surface area contributed by atoms with Gasteiger partial charge in [0.1, 0.15) is 21.5 Å². The summed E-state index contributed by atoms with van der Waals surface area (Å²) in [6.07, 6.45) is 1.97. The van der Waals surface area contributed by atoms with Crippen molar-refractivity contribution in [3.05, 3.63) is 46.0 Å². The van der Waals surface area contributed by atoms with Gasteiger partial charge in [-0.05, 0) is 25.5 Å². The van der Waals surface area contributed by atoms with Crippen molar-refractivity contribution >= 4 is 63.4 Å². The highest BCUT2D eigenvalue weighted by molar-refractivity contribution is 8.27. The summed E-state index contributed by atoms with van der Waals surface area (Å²) >= 11 is 12.2. The van der Waals surface area contributed by atoms with Gasteiger partial charge in [-0.25, -0.2) is 0 Å². The first-order chi connectivity index (χ1) is 11.9. The van der Waals surface area contributed by atoms with Crippen molar-refractivity contribution in [3.63, 3.8) is 0 Å². The minimum absolute atomic E-state index is 0.00996. The molecule has 2 heterocycles. The van der Waals surface area contributed by atoms with Gasteiger partial charge in [0.2, 0.25) is 5.91 Å². The fourth-order valence-electron chi connectivity index (χ4n) is 2.11. The first kappa shape index (κ1) is 17.7. The SMILES string of the molecule is Cc1ccc(C=C2SC(=S)N(CC(=O)Nc3onnc3C)C2=S)cc1. The molecule has 0 saturated carbocycles. The number of thioether (sulfide) groups is 1. The van der Waals surface area contributed by atoms with E-state index in [1.165, 1.54) is 17.3 Å². The van der Waals surface area contributed by atoms with E-state index in [1.807, 2.05) is 37.3 Å². The summed E-state index contributed by atoms with van der Waals surface area (Å²) in [6, 6.07) is 8.10. The van der Waals surface area contributed by atoms with Crippen molar-refractivity contribution in [2.75, 3.05) is 11.9 Å². The lowest BCUT2D eigenvalue weighted by atomic mass is 10.1. The van der Waals surface area contributed by atoms with Crippen LogP contribution < -0.4 is 5.32 Å². The number of hydrogen-bond acceptors (Lipinski definition) is 7. The third kappa shape index (κ3) is 4.12. The third-order valence-corrected chi connectivity index (χ3v) is 5.42. The number of anilines is 1. The van der Waals surface area contributed by atoms with Crippen LogP contribution in [0.2, 0.25) is 0 Å². The van der Waals surface area contributed by atoms with E-state index in [4.69, 9.17) is 29.0 Å². The number of nitrogens with one attached hydrogen (secondary N) is 1. The van der Waals surface area contributed by atoms with Crippen molar-refractivity contribution < 1.29 is 9.32 Å². The topological polar surface area (TPSA) is 71.3 Å². The van der Waals surface area contributed by atoms with Gasteiger partial charge < -0.3 is 9.42 Å². The molecular weight excluding hydrogens is 376 g/mol. The molecule has 1 N–H and O–H groups in total. The molecule has 128 valence electrons. The molecule has 2 aromatic rings. The van der Waals surface area contributed by atoms with Crippen molar-refractivity contribution in [2.45, 2.75) is 13.8 Å². The molecule has 1 aliphatic rings. The van der Waals surface area contributed by atoms with Crippen LogP contribution in [0.4, 0.5) is 5.88 Å². The predicted molar refractivity (Wildman–Crippen MR) is 106 cm³/mol. The monoisotopic (exact) mass is 390 g/mol. The van der Waals surface area contributed by atoms with Crippen molar-refractivity contribution in [1.29, 1.82) is 0 Å². The molecule has 6 nitrogen and oxygen atoms in total. The van der Waals surface area contributed by atoms with Crippen LogP contribution in [-0.2, 0) is 4.79 Å². The highest BCUT2D eigenvalue weighted by Gasteiger charge is 2.30. The Balaban J connectivity index is 1.70. The molecule has 0 aliphatic carbocycles. The number of carbonyl (C=O) groups excluding carboxylic acids is 1. The lowest BCUT2D eigenvalue weighted by molar-refractivity contribution is -0.116. The van der Waals surface area contributed by atoms with E-state index in [9.17, 15) is 4.79 Å². The Morgan fingerprint density at radius 3 is 2.68 bits per heavy atom. The first-order valence-corrected chi connectivity index (χ1v) is 8.98. The van der Waals surface area contributed by atoms with Crippen LogP contribution in [0.25, 0.3) is 6.08 Å². The molecule has 0 radical (unpaired) electrons. The van der Waals surface area contributed by atoms with E-state index in [1.54, 1.807) is 11.8 Å². The molecule has 0 bridgehead atoms. The van der Waals surface area contributed by atoms with Gasteiger partial charge in [-0.1, -0.05) is 66.0 Å². The highest BCUT2D eigenvalue weighted by Crippen LogP contribution is 2.33. The van der Waals surface area contributed by atoms with Crippen LogP contribution in [0.15, 0.2) is 33.7 Å². The van der Waals surface area contributed by atoms with Gasteiger partial charge in [0.25, 0.3) is 5.88 Å². The Labute approximate surface area is 159 Å². The average Bonchev–Trinajstić information content (AvgIpc) is 3.08. The lowest BCUT2D eigenvalue weighted by Crippen LogP contribution is -2.35. The molecule has 9 heteroatoms. The van der Waals surface area contributed by atoms with Gasteiger partial charge in [-0.3, -0.25) is 10.1 Å². The van der Waals surface area contributed by atoms with E-state index in [-0.39, 0.29) is 18.3 Å². The van der Waals surface area contributed by atoms with E-state index < -0.39 is 0 Å². The summed E-state index contributed by atoms with van der Waals surface area (Å²) in [5.74, 6) is -0.0763. The summed E-state index contributed by atoms with van der Waals surface area (Å²) in [6.45, 7) is 3.73. The predicted octanol–water partition coefficient (Wildman–Crippen LogP) is 3.33. The van der Waals surface area contributed by atoms with Crippen molar-refractivity contribution in [1.82, 2.24) is 15.3 Å². The van der Waals surface area contributed by atoms with Crippen LogP contribution >= 0.6 is 36.2 Å². The fourth-order valence-corrected chi connectivity index (χ4v) is 3.83. The number of rotatable bonds is 4. The second-order valence-electron chi connectivity index (χ2n) is 5.41. The molecule has 1 aromatic heterocycles. The Bertz CT molecular complexity index is 874. The molecule has 3 rings (SSSR count). The number of thiocarbonyl (C=S) groups is 2. The molecule has 1 amide bonds. The lowest BCUT2D eigenvalue weighted by Gasteiger charge is -2.15. The molecule has 0 spiro atoms. The zero-order valence-corrected chi connectivity index (χ0v) is 15.9. The maximum absolute atomic E-state index is 12.2. The highest BCUT2D eigenvalue weighted by atomic mass is 32.2. The molecule has 0 unspecified atom stereocenters. The Morgan fingerprint density at radius 2 is 2.04 bits per heavy atom. The molecule has 1 fully saturated rings. The van der Waals surface area contributed by atoms with Crippen molar-refractivity contribution in [2.24, 2.45) is 0 Å². The minimum atomic E-state index is -0.302. The summed E-state index contributed by atoms with van der Waals surface area (Å²) in [7, 11) is 0. The number of nitrogens with zero attached hydrogens (tertiary/aromatic N) is 3. The number of carbonyl (C=O) groups is 1. The number of aromatic nitrogens is 2. The zero-order valence-electron chi connectivity index (χ0n) is 13.5. The third-order valence-electron chi connectivity index (χ3n) is 3.45. The normalized spacial score (nSPS) is 15.9. The van der Waals surface area contributed by atoms with Crippen LogP contribution in [0.3, 0.4) is 0 Å². The zero-order chi connectivity index (χ0) is 18.0. The number of benzene rings is 1. The minimum Gasteiger partial charge on any atom is -0.318 e. The van der Waals surface area contributed by atoms with Crippen LogP contribution in [-0.4, -0.2) is 37.0 Å². The van der Waals surface area contributed by atoms with Gasteiger partial charge >= 0.3 is 0 Å².